The van der Waals surface area contributed by atoms with Crippen molar-refractivity contribution in [3.63, 3.8) is 0 Å². The Morgan fingerprint density at radius 3 is 1.65 bits per heavy atom. The summed E-state index contributed by atoms with van der Waals surface area (Å²) in [5.74, 6) is -0.0314. The highest BCUT2D eigenvalue weighted by Gasteiger charge is 2.33. The van der Waals surface area contributed by atoms with Gasteiger partial charge in [-0.2, -0.15) is 0 Å². The number of fused-ring (bicyclic) bond motifs is 2. The number of benzene rings is 2. The van der Waals surface area contributed by atoms with Crippen LogP contribution >= 0.6 is 15.2 Å². The fourth-order valence-corrected chi connectivity index (χ4v) is 10.7. The molecule has 2 aromatic carbocycles. The number of cyclic esters (lactones) is 2. The van der Waals surface area contributed by atoms with Gasteiger partial charge in [-0.3, -0.25) is 9.13 Å². The van der Waals surface area contributed by atoms with E-state index in [1.54, 1.807) is 0 Å². The van der Waals surface area contributed by atoms with E-state index in [4.69, 9.17) is 33.0 Å². The Morgan fingerprint density at radius 2 is 1.18 bits per heavy atom. The van der Waals surface area contributed by atoms with Crippen molar-refractivity contribution in [2.75, 3.05) is 58.3 Å². The van der Waals surface area contributed by atoms with E-state index in [1.807, 2.05) is 40.7 Å². The van der Waals surface area contributed by atoms with Gasteiger partial charge in [-0.25, -0.2) is 9.59 Å². The van der Waals surface area contributed by atoms with Gasteiger partial charge >= 0.3 is 27.1 Å². The average Bonchev–Trinajstić information content (AvgIpc) is 3.82. The van der Waals surface area contributed by atoms with Crippen molar-refractivity contribution in [3.05, 3.63) is 78.9 Å². The summed E-state index contributed by atoms with van der Waals surface area (Å²) in [4.78, 5) is 42.5. The molecule has 0 aliphatic carbocycles. The fourth-order valence-electron chi connectivity index (χ4n) is 7.96. The van der Waals surface area contributed by atoms with Crippen molar-refractivity contribution in [2.24, 2.45) is 0 Å². The lowest BCUT2D eigenvalue weighted by Gasteiger charge is -2.22. The van der Waals surface area contributed by atoms with Crippen molar-refractivity contribution in [3.8, 4) is 11.5 Å². The molecule has 0 radical (unpaired) electrons. The van der Waals surface area contributed by atoms with E-state index in [9.17, 15) is 23.8 Å². The van der Waals surface area contributed by atoms with Crippen LogP contribution in [-0.2, 0) is 66.5 Å². The molecule has 4 rings (SSSR count). The van der Waals surface area contributed by atoms with E-state index >= 15 is 0 Å². The maximum Gasteiger partial charge on any atom is 0.342 e. The summed E-state index contributed by atoms with van der Waals surface area (Å²) in [6.07, 6.45) is 8.83. The number of rotatable bonds is 26. The zero-order chi connectivity index (χ0) is 47.8. The zero-order valence-corrected chi connectivity index (χ0v) is 43.1. The van der Waals surface area contributed by atoms with Crippen LogP contribution < -0.4 is 15.4 Å². The summed E-state index contributed by atoms with van der Waals surface area (Å²) in [6, 6.07) is 1.03. The first-order chi connectivity index (χ1) is 30.2. The second-order valence-corrected chi connectivity index (χ2v) is 26.9. The third-order valence-electron chi connectivity index (χ3n) is 11.7. The molecule has 2 aliphatic heterocycles. The third-order valence-corrected chi connectivity index (χ3v) is 16.3. The number of carbonyl (C=O) groups is 2. The molecule has 0 fully saturated rings. The van der Waals surface area contributed by atoms with Crippen LogP contribution in [0.5, 0.6) is 11.5 Å². The van der Waals surface area contributed by atoms with Gasteiger partial charge < -0.3 is 48.8 Å². The number of ether oxygens (including phenoxy) is 3. The van der Waals surface area contributed by atoms with Gasteiger partial charge in [-0.05, 0) is 94.5 Å². The standard InChI is InChI=1S/C28H48NO6PSi.C19H28NO6P.CH4/c1-9-22(19-29-15-17-36(31,34-11-3)35-12-4)13-14-24-23(10-2)21(5)25-20-33-28(30)26(25)27(24)32-16-18-37(6,7)8;1-4-13(10-20-8-9-27(23,24)25)6-7-15-14(5-2)12(3)16-11-26-19(22)17(16)18(15)21;/h13,29H,9-12,14-20H2,1-8H3;6,20-21H,4-5,7-11H2,1-3H3,(H2,23,24,25);1H4/b22-13+;13-6+;. The number of hydrogen-bond acceptors (Lipinski definition) is 12. The monoisotopic (exact) mass is 966 g/mol. The van der Waals surface area contributed by atoms with Crippen LogP contribution in [0.15, 0.2) is 23.3 Å². The van der Waals surface area contributed by atoms with E-state index in [2.05, 4.69) is 57.1 Å². The van der Waals surface area contributed by atoms with Crippen molar-refractivity contribution < 1.29 is 56.9 Å². The quantitative estimate of drug-likeness (QED) is 0.0196. The molecular weight excluding hydrogens is 887 g/mol. The van der Waals surface area contributed by atoms with Crippen LogP contribution in [0.3, 0.4) is 0 Å². The van der Waals surface area contributed by atoms with Crippen molar-refractivity contribution >= 4 is 35.2 Å². The highest BCUT2D eigenvalue weighted by atomic mass is 31.2. The molecule has 368 valence electrons. The van der Waals surface area contributed by atoms with Crippen molar-refractivity contribution in [2.45, 2.75) is 140 Å². The summed E-state index contributed by atoms with van der Waals surface area (Å²) in [6.45, 7) is 26.9. The fraction of sp³-hybridized carbons (Fsp3) is 0.625. The Morgan fingerprint density at radius 1 is 0.723 bits per heavy atom. The molecule has 5 N–H and O–H groups in total. The van der Waals surface area contributed by atoms with Crippen LogP contribution in [0.25, 0.3) is 0 Å². The molecule has 2 aliphatic rings. The third kappa shape index (κ3) is 16.9. The molecule has 2 aromatic rings. The molecule has 0 saturated heterocycles. The van der Waals surface area contributed by atoms with E-state index < -0.39 is 29.2 Å². The van der Waals surface area contributed by atoms with Crippen LogP contribution in [0.1, 0.15) is 127 Å². The molecule has 0 spiro atoms. The Bertz CT molecular complexity index is 2080. The maximum absolute atomic E-state index is 12.7. The molecule has 17 heteroatoms. The molecule has 0 unspecified atom stereocenters. The summed E-state index contributed by atoms with van der Waals surface area (Å²) in [5, 5.41) is 17.1. The normalized spacial score (nSPS) is 14.0. The zero-order valence-electron chi connectivity index (χ0n) is 40.3. The molecule has 65 heavy (non-hydrogen) atoms. The first-order valence-corrected chi connectivity index (χ1v) is 30.1. The molecule has 2 heterocycles. The number of allylic oxidation sites excluding steroid dienone is 2. The minimum Gasteiger partial charge on any atom is -0.507 e. The highest BCUT2D eigenvalue weighted by molar-refractivity contribution is 7.53. The Labute approximate surface area is 390 Å². The van der Waals surface area contributed by atoms with E-state index in [0.717, 1.165) is 76.2 Å². The Kier molecular flexibility index (Phi) is 24.1. The lowest BCUT2D eigenvalue weighted by molar-refractivity contribution is 0.0523. The highest BCUT2D eigenvalue weighted by Crippen LogP contribution is 2.47. The lowest BCUT2D eigenvalue weighted by Crippen LogP contribution is -2.23. The van der Waals surface area contributed by atoms with Gasteiger partial charge in [0.25, 0.3) is 0 Å². The summed E-state index contributed by atoms with van der Waals surface area (Å²) in [7, 11) is -8.33. The number of carbonyl (C=O) groups excluding carboxylic acids is 2. The maximum atomic E-state index is 12.7. The van der Waals surface area contributed by atoms with Crippen LogP contribution in [0.2, 0.25) is 25.7 Å². The number of hydrogen-bond donors (Lipinski definition) is 5. The molecular formula is C48H80N2O12P2Si. The summed E-state index contributed by atoms with van der Waals surface area (Å²) in [5.41, 5.74) is 11.2. The van der Waals surface area contributed by atoms with Gasteiger partial charge in [0.1, 0.15) is 35.8 Å². The van der Waals surface area contributed by atoms with E-state index in [0.29, 0.717) is 76.4 Å². The SMILES string of the molecule is C.CC/C(=C\Cc1c(O)c2c(c(C)c1CC)COC2=O)CNCCP(=O)(O)O.CCOP(=O)(CCNC/C(=C/Cc1c(CC)c(C)c2c(c1OCC[Si](C)(C)C)C(=O)OC2)CC)OCC. The van der Waals surface area contributed by atoms with Gasteiger partial charge in [0, 0.05) is 56.5 Å². The minimum absolute atomic E-state index is 0. The molecule has 0 bridgehead atoms. The van der Waals surface area contributed by atoms with Gasteiger partial charge in [0.05, 0.1) is 32.1 Å². The number of nitrogens with one attached hydrogen (secondary N) is 2. The van der Waals surface area contributed by atoms with Gasteiger partial charge in [0.15, 0.2) is 0 Å². The summed E-state index contributed by atoms with van der Waals surface area (Å²) < 4.78 is 51.3. The van der Waals surface area contributed by atoms with Crippen molar-refractivity contribution in [1.29, 1.82) is 0 Å². The second-order valence-electron chi connectivity index (χ2n) is 17.3. The predicted molar refractivity (Wildman–Crippen MR) is 264 cm³/mol. The largest absolute Gasteiger partial charge is 0.507 e. The smallest absolute Gasteiger partial charge is 0.342 e. The van der Waals surface area contributed by atoms with E-state index in [-0.39, 0.29) is 44.0 Å². The van der Waals surface area contributed by atoms with Crippen LogP contribution in [0, 0.1) is 13.8 Å². The van der Waals surface area contributed by atoms with Crippen molar-refractivity contribution in [1.82, 2.24) is 10.6 Å². The van der Waals surface area contributed by atoms with Crippen LogP contribution in [0.4, 0.5) is 0 Å². The Hall–Kier alpha value is -3.10. The molecule has 0 amide bonds. The van der Waals surface area contributed by atoms with Gasteiger partial charge in [-0.1, -0.05) is 78.1 Å². The van der Waals surface area contributed by atoms with Crippen LogP contribution in [-0.4, -0.2) is 93.2 Å². The topological polar surface area (TPSA) is 199 Å². The number of esters is 2. The average molecular weight is 967 g/mol. The molecule has 0 saturated carbocycles. The number of aromatic hydroxyl groups is 1. The van der Waals surface area contributed by atoms with Gasteiger partial charge in [-0.15, -0.1) is 0 Å². The molecule has 14 nitrogen and oxygen atoms in total. The van der Waals surface area contributed by atoms with Gasteiger partial charge in [0.2, 0.25) is 0 Å². The number of phenolic OH excluding ortho intramolecular Hbond substituents is 1. The minimum atomic E-state index is -3.99. The Balaban J connectivity index is 0.000000461. The second kappa shape index (κ2) is 27.0. The lowest BCUT2D eigenvalue weighted by atomic mass is 9.89. The summed E-state index contributed by atoms with van der Waals surface area (Å²) >= 11 is 0. The predicted octanol–water partition coefficient (Wildman–Crippen LogP) is 9.90. The first kappa shape index (κ1) is 58.0. The first-order valence-electron chi connectivity index (χ1n) is 22.9. The number of phenols is 1. The molecule has 0 aromatic heterocycles. The molecule has 0 atom stereocenters. The van der Waals surface area contributed by atoms with E-state index in [1.165, 1.54) is 11.1 Å².